The minimum absolute atomic E-state index is 0.203. The molecule has 0 aliphatic rings. The van der Waals surface area contributed by atoms with Crippen LogP contribution in [0.25, 0.3) is 11.3 Å². The topological polar surface area (TPSA) is 76.2 Å². The van der Waals surface area contributed by atoms with E-state index in [1.165, 1.54) is 0 Å². The molecule has 2 N–H and O–H groups in total. The number of hydrogen-bond donors (Lipinski definition) is 2. The first kappa shape index (κ1) is 21.2. The summed E-state index contributed by atoms with van der Waals surface area (Å²) in [5.41, 5.74) is 3.30. The van der Waals surface area contributed by atoms with Crippen LogP contribution in [0.5, 0.6) is 11.5 Å². The molecule has 0 aliphatic carbocycles. The molecule has 0 spiro atoms. The van der Waals surface area contributed by atoms with Gasteiger partial charge >= 0.3 is 0 Å². The highest BCUT2D eigenvalue weighted by Gasteiger charge is 2.20. The smallest absolute Gasteiger partial charge is 0.252 e. The Morgan fingerprint density at radius 3 is 2.63 bits per heavy atom. The number of benzene rings is 2. The molecule has 1 heterocycles. The Morgan fingerprint density at radius 2 is 2.00 bits per heavy atom. The number of nitrogens with one attached hydrogen (secondary N) is 2. The summed E-state index contributed by atoms with van der Waals surface area (Å²) in [6.07, 6.45) is 4.82. The lowest BCUT2D eigenvalue weighted by atomic mass is 10.0. The molecular weight excluding hydrogens is 378 g/mol. The van der Waals surface area contributed by atoms with Crippen molar-refractivity contribution in [2.75, 3.05) is 14.2 Å². The first-order chi connectivity index (χ1) is 14.6. The summed E-state index contributed by atoms with van der Waals surface area (Å²) in [6.45, 7) is 5.79. The third kappa shape index (κ3) is 4.54. The number of H-pyrrole nitrogens is 1. The lowest BCUT2D eigenvalue weighted by Crippen LogP contribution is -2.29. The summed E-state index contributed by atoms with van der Waals surface area (Å²) in [4.78, 5) is 20.8. The zero-order chi connectivity index (χ0) is 21.5. The molecule has 3 aromatic rings. The molecule has 1 amide bonds. The second-order valence-electron chi connectivity index (χ2n) is 6.85. The van der Waals surface area contributed by atoms with E-state index >= 15 is 0 Å². The number of carbonyl (C=O) groups excluding carboxylic acids is 1. The van der Waals surface area contributed by atoms with Crippen molar-refractivity contribution < 1.29 is 14.3 Å². The molecule has 0 radical (unpaired) electrons. The number of rotatable bonds is 9. The predicted molar refractivity (Wildman–Crippen MR) is 118 cm³/mol. The first-order valence-corrected chi connectivity index (χ1v) is 9.88. The summed E-state index contributed by atoms with van der Waals surface area (Å²) in [5.74, 6) is 1.64. The normalized spacial score (nSPS) is 11.6. The van der Waals surface area contributed by atoms with E-state index in [0.29, 0.717) is 29.9 Å². The molecular formula is C24H27N3O3. The summed E-state index contributed by atoms with van der Waals surface area (Å²) >= 11 is 0. The van der Waals surface area contributed by atoms with Crippen molar-refractivity contribution >= 4 is 5.91 Å². The lowest BCUT2D eigenvalue weighted by molar-refractivity contribution is 0.0933. The van der Waals surface area contributed by atoms with Crippen molar-refractivity contribution in [1.82, 2.24) is 15.3 Å². The number of aromatic nitrogens is 2. The highest BCUT2D eigenvalue weighted by atomic mass is 16.5. The Hall–Kier alpha value is -3.54. The molecule has 0 saturated heterocycles. The van der Waals surface area contributed by atoms with Crippen molar-refractivity contribution in [2.24, 2.45) is 0 Å². The Labute approximate surface area is 177 Å². The molecule has 1 unspecified atom stereocenters. The van der Waals surface area contributed by atoms with E-state index in [0.717, 1.165) is 22.6 Å². The van der Waals surface area contributed by atoms with Gasteiger partial charge in [-0.15, -0.1) is 6.58 Å². The van der Waals surface area contributed by atoms with Gasteiger partial charge < -0.3 is 19.8 Å². The zero-order valence-corrected chi connectivity index (χ0v) is 17.6. The minimum atomic E-state index is -0.245. The second kappa shape index (κ2) is 9.78. The third-order valence-electron chi connectivity index (χ3n) is 4.91. The maximum atomic E-state index is 13.0. The largest absolute Gasteiger partial charge is 0.493 e. The SMILES string of the molecule is C=CCc1cc(C(=O)NC(CC)c2ncc(-c3ccccc3)[nH]2)cc(OC)c1OC. The zero-order valence-electron chi connectivity index (χ0n) is 17.6. The maximum Gasteiger partial charge on any atom is 0.252 e. The molecule has 0 fully saturated rings. The second-order valence-corrected chi connectivity index (χ2v) is 6.85. The number of nitrogens with zero attached hydrogens (tertiary/aromatic N) is 1. The quantitative estimate of drug-likeness (QED) is 0.506. The van der Waals surface area contributed by atoms with E-state index < -0.39 is 0 Å². The van der Waals surface area contributed by atoms with Gasteiger partial charge in [-0.2, -0.15) is 0 Å². The van der Waals surface area contributed by atoms with Gasteiger partial charge in [0.05, 0.1) is 32.2 Å². The van der Waals surface area contributed by atoms with Crippen LogP contribution in [-0.4, -0.2) is 30.1 Å². The Morgan fingerprint density at radius 1 is 1.23 bits per heavy atom. The van der Waals surface area contributed by atoms with Crippen LogP contribution >= 0.6 is 0 Å². The number of carbonyl (C=O) groups is 1. The summed E-state index contributed by atoms with van der Waals surface area (Å²) in [6, 6.07) is 13.2. The van der Waals surface area contributed by atoms with E-state index in [-0.39, 0.29) is 11.9 Å². The van der Waals surface area contributed by atoms with Gasteiger partial charge in [0.25, 0.3) is 5.91 Å². The Bertz CT molecular complexity index is 1010. The summed E-state index contributed by atoms with van der Waals surface area (Å²) in [7, 11) is 3.14. The molecule has 3 rings (SSSR count). The summed E-state index contributed by atoms with van der Waals surface area (Å²) in [5, 5.41) is 3.07. The molecule has 0 aliphatic heterocycles. The van der Waals surface area contributed by atoms with Crippen molar-refractivity contribution in [1.29, 1.82) is 0 Å². The standard InChI is InChI=1S/C24H27N3O3/c1-5-10-17-13-18(14-21(29-3)22(17)30-4)24(28)27-19(6-2)23-25-15-20(26-23)16-11-8-7-9-12-16/h5,7-9,11-15,19H,1,6,10H2,2-4H3,(H,25,26)(H,27,28). The molecule has 0 saturated carbocycles. The molecule has 30 heavy (non-hydrogen) atoms. The number of hydrogen-bond acceptors (Lipinski definition) is 4. The average Bonchev–Trinajstić information content (AvgIpc) is 3.27. The fraction of sp³-hybridized carbons (Fsp3) is 0.250. The van der Waals surface area contributed by atoms with Crippen LogP contribution in [0, 0.1) is 0 Å². The highest BCUT2D eigenvalue weighted by Crippen LogP contribution is 2.33. The monoisotopic (exact) mass is 405 g/mol. The molecule has 0 bridgehead atoms. The number of ether oxygens (including phenoxy) is 2. The van der Waals surface area contributed by atoms with E-state index in [2.05, 4.69) is 21.9 Å². The van der Waals surface area contributed by atoms with E-state index in [9.17, 15) is 4.79 Å². The number of methoxy groups -OCH3 is 2. The van der Waals surface area contributed by atoms with Gasteiger partial charge in [-0.3, -0.25) is 4.79 Å². The van der Waals surface area contributed by atoms with Gasteiger partial charge in [-0.25, -0.2) is 4.98 Å². The van der Waals surface area contributed by atoms with E-state index in [1.54, 1.807) is 32.6 Å². The van der Waals surface area contributed by atoms with Gasteiger partial charge in [0.2, 0.25) is 0 Å². The number of aromatic amines is 1. The lowest BCUT2D eigenvalue weighted by Gasteiger charge is -2.17. The van der Waals surface area contributed by atoms with Crippen LogP contribution in [-0.2, 0) is 6.42 Å². The van der Waals surface area contributed by atoms with Gasteiger partial charge in [-0.05, 0) is 30.5 Å². The molecule has 156 valence electrons. The molecule has 1 atom stereocenters. The van der Waals surface area contributed by atoms with Crippen LogP contribution in [0.2, 0.25) is 0 Å². The van der Waals surface area contributed by atoms with Gasteiger partial charge in [0.1, 0.15) is 5.82 Å². The van der Waals surface area contributed by atoms with Crippen molar-refractivity contribution in [2.45, 2.75) is 25.8 Å². The van der Waals surface area contributed by atoms with E-state index in [1.807, 2.05) is 43.3 Å². The number of allylic oxidation sites excluding steroid dienone is 1. The number of amides is 1. The molecule has 6 heteroatoms. The minimum Gasteiger partial charge on any atom is -0.493 e. The molecule has 1 aromatic heterocycles. The average molecular weight is 405 g/mol. The van der Waals surface area contributed by atoms with Crippen LogP contribution in [0.15, 0.2) is 61.3 Å². The van der Waals surface area contributed by atoms with Crippen LogP contribution in [0.1, 0.15) is 41.1 Å². The fourth-order valence-corrected chi connectivity index (χ4v) is 3.36. The predicted octanol–water partition coefficient (Wildman–Crippen LogP) is 4.70. The van der Waals surface area contributed by atoms with E-state index in [4.69, 9.17) is 9.47 Å². The van der Waals surface area contributed by atoms with Gasteiger partial charge in [0.15, 0.2) is 11.5 Å². The van der Waals surface area contributed by atoms with Gasteiger partial charge in [0, 0.05) is 11.1 Å². The molecule has 6 nitrogen and oxygen atoms in total. The first-order valence-electron chi connectivity index (χ1n) is 9.88. The highest BCUT2D eigenvalue weighted by molar-refractivity contribution is 5.95. The summed E-state index contributed by atoms with van der Waals surface area (Å²) < 4.78 is 10.9. The van der Waals surface area contributed by atoms with Crippen molar-refractivity contribution in [3.05, 3.63) is 78.3 Å². The number of imidazole rings is 1. The third-order valence-corrected chi connectivity index (χ3v) is 4.91. The molecule has 2 aromatic carbocycles. The van der Waals surface area contributed by atoms with Gasteiger partial charge in [-0.1, -0.05) is 43.3 Å². The maximum absolute atomic E-state index is 13.0. The fourth-order valence-electron chi connectivity index (χ4n) is 3.36. The van der Waals surface area contributed by atoms with Crippen LogP contribution in [0.3, 0.4) is 0 Å². The Kier molecular flexibility index (Phi) is 6.91. The van der Waals surface area contributed by atoms with Crippen molar-refractivity contribution in [3.63, 3.8) is 0 Å². The van der Waals surface area contributed by atoms with Crippen LogP contribution in [0.4, 0.5) is 0 Å². The van der Waals surface area contributed by atoms with Crippen molar-refractivity contribution in [3.8, 4) is 22.8 Å². The van der Waals surface area contributed by atoms with Crippen LogP contribution < -0.4 is 14.8 Å². The Balaban J connectivity index is 1.84.